The lowest BCUT2D eigenvalue weighted by atomic mass is 9.74. The fourth-order valence-electron chi connectivity index (χ4n) is 5.87. The summed E-state index contributed by atoms with van der Waals surface area (Å²) in [6.07, 6.45) is 2.24. The Kier molecular flexibility index (Phi) is 5.92. The van der Waals surface area contributed by atoms with E-state index in [1.165, 1.54) is 5.56 Å². The van der Waals surface area contributed by atoms with Crippen LogP contribution in [-0.4, -0.2) is 31.0 Å². The summed E-state index contributed by atoms with van der Waals surface area (Å²) in [5, 5.41) is 0. The van der Waals surface area contributed by atoms with Crippen molar-refractivity contribution in [1.82, 2.24) is 4.90 Å². The summed E-state index contributed by atoms with van der Waals surface area (Å²) in [5.74, 6) is 2.04. The van der Waals surface area contributed by atoms with Crippen LogP contribution in [0.4, 0.5) is 0 Å². The molecule has 33 heavy (non-hydrogen) atoms. The van der Waals surface area contributed by atoms with Gasteiger partial charge < -0.3 is 15.2 Å². The Bertz CT molecular complexity index is 1120. The topological polar surface area (TPSA) is 64.8 Å². The number of carbonyl (C=O) groups is 1. The number of carbonyl (C=O) groups excluding carboxylic acids is 1. The third-order valence-corrected chi connectivity index (χ3v) is 7.25. The van der Waals surface area contributed by atoms with Crippen LogP contribution in [0, 0.1) is 11.8 Å². The lowest BCUT2D eigenvalue weighted by Gasteiger charge is -2.47. The number of nitrogens with two attached hydrogens (primary N) is 1. The molecule has 5 nitrogen and oxygen atoms in total. The molecular formula is C28H30N2O3. The van der Waals surface area contributed by atoms with Gasteiger partial charge in [0.05, 0.1) is 0 Å². The largest absolute Gasteiger partial charge is 0.457 e. The second-order valence-electron chi connectivity index (χ2n) is 9.17. The Morgan fingerprint density at radius 1 is 0.939 bits per heavy atom. The third kappa shape index (κ3) is 4.14. The van der Waals surface area contributed by atoms with Gasteiger partial charge in [0.15, 0.2) is 0 Å². The monoisotopic (exact) mass is 442 g/mol. The highest BCUT2D eigenvalue weighted by Gasteiger charge is 2.55. The average molecular weight is 443 g/mol. The van der Waals surface area contributed by atoms with E-state index >= 15 is 0 Å². The Labute approximate surface area is 195 Å². The van der Waals surface area contributed by atoms with Crippen LogP contribution in [-0.2, 0) is 16.9 Å². The maximum atomic E-state index is 11.8. The molecule has 0 spiro atoms. The normalized spacial score (nSPS) is 24.5. The Balaban J connectivity index is 1.33. The third-order valence-electron chi connectivity index (χ3n) is 7.25. The zero-order valence-electron chi connectivity index (χ0n) is 18.9. The van der Waals surface area contributed by atoms with Gasteiger partial charge in [-0.25, -0.2) is 0 Å². The van der Waals surface area contributed by atoms with E-state index in [1.807, 2.05) is 55.6 Å². The van der Waals surface area contributed by atoms with E-state index in [2.05, 4.69) is 29.2 Å². The van der Waals surface area contributed by atoms with Crippen molar-refractivity contribution in [2.75, 3.05) is 20.2 Å². The summed E-state index contributed by atoms with van der Waals surface area (Å²) in [7, 11) is 1.81. The quantitative estimate of drug-likeness (QED) is 0.562. The fraction of sp³-hybridized carbons (Fsp3) is 0.321. The minimum Gasteiger partial charge on any atom is -0.457 e. The first-order valence-electron chi connectivity index (χ1n) is 11.6. The Morgan fingerprint density at radius 3 is 2.33 bits per heavy atom. The van der Waals surface area contributed by atoms with Crippen molar-refractivity contribution in [3.05, 3.63) is 95.6 Å². The maximum Gasteiger partial charge on any atom is 0.248 e. The van der Waals surface area contributed by atoms with Crippen LogP contribution in [0.25, 0.3) is 0 Å². The van der Waals surface area contributed by atoms with Crippen LogP contribution < -0.4 is 10.5 Å². The Hall–Kier alpha value is -3.15. The minimum atomic E-state index is -0.398. The average Bonchev–Trinajstić information content (AvgIpc) is 3.03. The van der Waals surface area contributed by atoms with Gasteiger partial charge in [-0.05, 0) is 60.4 Å². The first kappa shape index (κ1) is 21.7. The molecule has 1 saturated carbocycles. The number of hydrogen-bond acceptors (Lipinski definition) is 4. The second kappa shape index (κ2) is 9.00. The summed E-state index contributed by atoms with van der Waals surface area (Å²) >= 11 is 0. The van der Waals surface area contributed by atoms with Gasteiger partial charge in [-0.3, -0.25) is 9.69 Å². The van der Waals surface area contributed by atoms with Crippen molar-refractivity contribution < 1.29 is 14.3 Å². The van der Waals surface area contributed by atoms with Gasteiger partial charge >= 0.3 is 0 Å². The number of nitrogens with zero attached hydrogens (tertiary/aromatic N) is 1. The van der Waals surface area contributed by atoms with Crippen molar-refractivity contribution >= 4 is 5.91 Å². The van der Waals surface area contributed by atoms with E-state index in [0.29, 0.717) is 17.4 Å². The molecule has 1 aliphatic carbocycles. The number of ether oxygens (including phenoxy) is 2. The molecule has 1 saturated heterocycles. The molecule has 5 rings (SSSR count). The van der Waals surface area contributed by atoms with Gasteiger partial charge in [0, 0.05) is 44.1 Å². The van der Waals surface area contributed by atoms with Crippen molar-refractivity contribution in [2.24, 2.45) is 17.6 Å². The zero-order chi connectivity index (χ0) is 22.8. The fourth-order valence-corrected chi connectivity index (χ4v) is 5.87. The number of primary amides is 1. The summed E-state index contributed by atoms with van der Waals surface area (Å²) in [4.78, 5) is 14.3. The van der Waals surface area contributed by atoms with E-state index < -0.39 is 5.91 Å². The molecule has 0 aromatic heterocycles. The van der Waals surface area contributed by atoms with Gasteiger partial charge in [0.1, 0.15) is 17.1 Å². The minimum absolute atomic E-state index is 0.361. The molecule has 2 aliphatic rings. The van der Waals surface area contributed by atoms with Crippen LogP contribution in [0.1, 0.15) is 34.3 Å². The lowest BCUT2D eigenvalue weighted by Crippen LogP contribution is -2.52. The zero-order valence-corrected chi connectivity index (χ0v) is 18.9. The molecule has 2 unspecified atom stereocenters. The van der Waals surface area contributed by atoms with Crippen molar-refractivity contribution in [3.8, 4) is 11.5 Å². The number of benzene rings is 3. The molecule has 170 valence electrons. The molecule has 2 fully saturated rings. The summed E-state index contributed by atoms with van der Waals surface area (Å²) in [5.41, 5.74) is 8.05. The van der Waals surface area contributed by atoms with Gasteiger partial charge in [-0.1, -0.05) is 42.5 Å². The number of methoxy groups -OCH3 is 1. The summed E-state index contributed by atoms with van der Waals surface area (Å²) < 4.78 is 12.3. The molecular weight excluding hydrogens is 412 g/mol. The van der Waals surface area contributed by atoms with Crippen LogP contribution >= 0.6 is 0 Å². The number of para-hydroxylation sites is 1. The Morgan fingerprint density at radius 2 is 1.64 bits per heavy atom. The first-order chi connectivity index (χ1) is 16.1. The van der Waals surface area contributed by atoms with Crippen molar-refractivity contribution in [2.45, 2.75) is 25.0 Å². The lowest BCUT2D eigenvalue weighted by molar-refractivity contribution is -0.120. The second-order valence-corrected chi connectivity index (χ2v) is 9.17. The molecule has 3 aromatic rings. The van der Waals surface area contributed by atoms with E-state index in [0.717, 1.165) is 49.5 Å². The van der Waals surface area contributed by atoms with E-state index in [1.54, 1.807) is 6.07 Å². The predicted octanol–water partition coefficient (Wildman–Crippen LogP) is 4.96. The van der Waals surface area contributed by atoms with Gasteiger partial charge in [0.25, 0.3) is 0 Å². The van der Waals surface area contributed by atoms with Crippen LogP contribution in [0.15, 0.2) is 78.9 Å². The SMILES string of the molecule is COC1(c2cccc(C(N)=O)c2)C2CCC1CN(Cc1cccc(Oc3ccccc3)c1)C2. The summed E-state index contributed by atoms with van der Waals surface area (Å²) in [6, 6.07) is 25.9. The molecule has 1 heterocycles. The molecule has 1 aliphatic heterocycles. The molecule has 2 atom stereocenters. The predicted molar refractivity (Wildman–Crippen MR) is 128 cm³/mol. The molecule has 0 radical (unpaired) electrons. The van der Waals surface area contributed by atoms with Gasteiger partial charge in [-0.15, -0.1) is 0 Å². The smallest absolute Gasteiger partial charge is 0.248 e. The van der Waals surface area contributed by atoms with Crippen molar-refractivity contribution in [3.63, 3.8) is 0 Å². The highest BCUT2D eigenvalue weighted by Crippen LogP contribution is 2.53. The number of fused-ring (bicyclic) bond motifs is 2. The highest BCUT2D eigenvalue weighted by molar-refractivity contribution is 5.92. The van der Waals surface area contributed by atoms with E-state index in [4.69, 9.17) is 15.2 Å². The summed E-state index contributed by atoms with van der Waals surface area (Å²) in [6.45, 7) is 2.78. The maximum absolute atomic E-state index is 11.8. The molecule has 5 heteroatoms. The van der Waals surface area contributed by atoms with Crippen LogP contribution in [0.3, 0.4) is 0 Å². The number of amides is 1. The standard InChI is InChI=1S/C28H30N2O3/c1-32-28(22-9-6-8-21(16-22)27(29)31)23-13-14-24(28)19-30(18-23)17-20-7-5-12-26(15-20)33-25-10-3-2-4-11-25/h2-12,15-16,23-24H,13-14,17-19H2,1H3,(H2,29,31). The number of likely N-dealkylation sites (tertiary alicyclic amines) is 1. The number of hydrogen-bond donors (Lipinski definition) is 1. The number of piperidine rings is 1. The van der Waals surface area contributed by atoms with E-state index in [9.17, 15) is 4.79 Å². The molecule has 1 amide bonds. The van der Waals surface area contributed by atoms with Gasteiger partial charge in [-0.2, -0.15) is 0 Å². The van der Waals surface area contributed by atoms with Crippen LogP contribution in [0.2, 0.25) is 0 Å². The van der Waals surface area contributed by atoms with E-state index in [-0.39, 0.29) is 5.60 Å². The molecule has 2 bridgehead atoms. The molecule has 2 N–H and O–H groups in total. The molecule has 3 aromatic carbocycles. The number of rotatable bonds is 7. The highest BCUT2D eigenvalue weighted by atomic mass is 16.5. The van der Waals surface area contributed by atoms with Gasteiger partial charge in [0.2, 0.25) is 5.91 Å². The first-order valence-corrected chi connectivity index (χ1v) is 11.6. The van der Waals surface area contributed by atoms with Crippen LogP contribution in [0.5, 0.6) is 11.5 Å². The van der Waals surface area contributed by atoms with Crippen molar-refractivity contribution in [1.29, 1.82) is 0 Å².